The summed E-state index contributed by atoms with van der Waals surface area (Å²) in [6.45, 7) is 17.3. The zero-order valence-corrected chi connectivity index (χ0v) is 34.1. The van der Waals surface area contributed by atoms with Gasteiger partial charge in [0.25, 0.3) is 0 Å². The van der Waals surface area contributed by atoms with Gasteiger partial charge in [-0.1, -0.05) is 209 Å². The van der Waals surface area contributed by atoms with Crippen LogP contribution in [0, 0.1) is 0 Å². The van der Waals surface area contributed by atoms with Gasteiger partial charge in [0.15, 0.2) is 5.60 Å². The number of benzene rings is 1. The first kappa shape index (κ1) is 45.1. The van der Waals surface area contributed by atoms with E-state index >= 15 is 0 Å². The molecule has 0 heterocycles. The van der Waals surface area contributed by atoms with E-state index in [-0.39, 0.29) is 10.8 Å². The quantitative estimate of drug-likeness (QED) is 0.0648. The molecule has 280 valence electrons. The van der Waals surface area contributed by atoms with E-state index in [1.54, 1.807) is 0 Å². The van der Waals surface area contributed by atoms with E-state index in [1.807, 2.05) is 0 Å². The third kappa shape index (κ3) is 18.9. The van der Waals surface area contributed by atoms with Crippen molar-refractivity contribution in [2.45, 2.75) is 239 Å². The van der Waals surface area contributed by atoms with Crippen molar-refractivity contribution < 1.29 is 19.1 Å². The van der Waals surface area contributed by atoms with Crippen LogP contribution in [0.2, 0.25) is 0 Å². The molecule has 5 heteroatoms. The van der Waals surface area contributed by atoms with Crippen LogP contribution in [-0.2, 0) is 25.5 Å². The Morgan fingerprint density at radius 2 is 0.792 bits per heavy atom. The van der Waals surface area contributed by atoms with Gasteiger partial charge >= 0.3 is 8.25 Å². The van der Waals surface area contributed by atoms with Gasteiger partial charge in [-0.15, -0.1) is 9.42 Å². The van der Waals surface area contributed by atoms with Crippen LogP contribution >= 0.6 is 8.25 Å². The van der Waals surface area contributed by atoms with Gasteiger partial charge < -0.3 is 5.11 Å². The molecule has 0 bridgehead atoms. The number of phenolic OH excluding ortho intramolecular Hbond substituents is 1. The number of hydrogen-bond acceptors (Lipinski definition) is 3. The minimum absolute atomic E-state index is 0.279. The fourth-order valence-corrected chi connectivity index (χ4v) is 7.84. The third-order valence-electron chi connectivity index (χ3n) is 10.4. The Morgan fingerprint density at radius 3 is 1.04 bits per heavy atom. The lowest BCUT2D eigenvalue weighted by molar-refractivity contribution is 0.0377. The Labute approximate surface area is 300 Å². The Hall–Kier alpha value is -0.960. The predicted molar refractivity (Wildman–Crippen MR) is 209 cm³/mol. The molecule has 0 fully saturated rings. The molecule has 1 aromatic rings. The van der Waals surface area contributed by atoms with Crippen molar-refractivity contribution in [1.29, 1.82) is 0 Å². The van der Waals surface area contributed by atoms with Crippen molar-refractivity contribution in [1.82, 2.24) is 0 Å². The molecule has 0 aromatic heterocycles. The fraction of sp³-hybridized carbons (Fsp3) is 0.860. The summed E-state index contributed by atoms with van der Waals surface area (Å²) in [7, 11) is -2.79. The van der Waals surface area contributed by atoms with E-state index < -0.39 is 13.9 Å². The van der Waals surface area contributed by atoms with Crippen LogP contribution in [-0.4, -0.2) is 10.00 Å². The lowest BCUT2D eigenvalue weighted by Gasteiger charge is -2.34. The minimum atomic E-state index is -2.79. The molecule has 2 N–H and O–H groups in total. The van der Waals surface area contributed by atoms with Gasteiger partial charge in [0, 0.05) is 4.57 Å². The fourth-order valence-electron chi connectivity index (χ4n) is 7.25. The number of unbranched alkanes of at least 4 members (excludes halogenated alkanes) is 22. The molecule has 0 aliphatic heterocycles. The highest BCUT2D eigenvalue weighted by molar-refractivity contribution is 7.32. The second kappa shape index (κ2) is 25.1. The van der Waals surface area contributed by atoms with Crippen molar-refractivity contribution in [3.05, 3.63) is 28.8 Å². The topological polar surface area (TPSA) is 66.8 Å². The number of rotatable bonds is 29. The van der Waals surface area contributed by atoms with Crippen LogP contribution in [0.25, 0.3) is 0 Å². The number of aromatic hydroxyl groups is 1. The molecule has 0 saturated heterocycles. The van der Waals surface area contributed by atoms with Crippen molar-refractivity contribution in [2.24, 2.45) is 0 Å². The molecular weight excluding hydrogens is 611 g/mol. The van der Waals surface area contributed by atoms with Gasteiger partial charge in [-0.2, -0.15) is 0 Å². The van der Waals surface area contributed by atoms with Crippen LogP contribution < -0.4 is 0 Å². The monoisotopic (exact) mass is 692 g/mol. The molecule has 48 heavy (non-hydrogen) atoms. The van der Waals surface area contributed by atoms with Gasteiger partial charge in [-0.25, -0.2) is 0 Å². The number of phenols is 1. The van der Waals surface area contributed by atoms with Crippen molar-refractivity contribution in [3.63, 3.8) is 0 Å². The minimum Gasteiger partial charge on any atom is -0.507 e. The first-order valence-electron chi connectivity index (χ1n) is 20.5. The summed E-state index contributed by atoms with van der Waals surface area (Å²) in [5.74, 6) is 0.344. The highest BCUT2D eigenvalue weighted by atomic mass is 31.1. The molecule has 1 rings (SSSR count). The van der Waals surface area contributed by atoms with E-state index in [4.69, 9.17) is 4.52 Å². The molecule has 4 nitrogen and oxygen atoms in total. The van der Waals surface area contributed by atoms with Crippen LogP contribution in [0.3, 0.4) is 0 Å². The highest BCUT2D eigenvalue weighted by Crippen LogP contribution is 2.48. The summed E-state index contributed by atoms with van der Waals surface area (Å²) < 4.78 is 18.7. The summed E-state index contributed by atoms with van der Waals surface area (Å²) >= 11 is 0. The highest BCUT2D eigenvalue weighted by Gasteiger charge is 2.43. The largest absolute Gasteiger partial charge is 0.695 e. The Balaban J connectivity index is 2.99. The predicted octanol–water partition coefficient (Wildman–Crippen LogP) is 15.0. The summed E-state index contributed by atoms with van der Waals surface area (Å²) in [6, 6.07) is 4.18. The van der Waals surface area contributed by atoms with E-state index in [0.29, 0.717) is 5.75 Å². The molecule has 0 amide bonds. The Kier molecular flexibility index (Phi) is 23.5. The lowest BCUT2D eigenvalue weighted by atomic mass is 9.74. The Morgan fingerprint density at radius 1 is 0.521 bits per heavy atom. The van der Waals surface area contributed by atoms with Crippen molar-refractivity contribution in [3.8, 4) is 5.75 Å². The van der Waals surface area contributed by atoms with Gasteiger partial charge in [0.1, 0.15) is 5.75 Å². The van der Waals surface area contributed by atoms with Crippen LogP contribution in [0.1, 0.15) is 239 Å². The standard InChI is InChI=1S/C43H79O4P/c1-9-11-13-15-17-19-21-23-25-27-29-31-33-43(47-48(45)46,34-32-30-28-26-24-22-20-18-16-14-12-10-2)37-35-38(41(3,4)5)40(44)39(36-37)42(6,7)8/h35-36H,9-34H2,1-8H3,(H-,44,45,46)/p+1. The summed E-state index contributed by atoms with van der Waals surface area (Å²) in [5, 5.41) is 11.5. The average Bonchev–Trinajstić information content (AvgIpc) is 3.00. The molecule has 1 unspecified atom stereocenters. The summed E-state index contributed by atoms with van der Waals surface area (Å²) in [4.78, 5) is 10.3. The van der Waals surface area contributed by atoms with E-state index in [1.165, 1.54) is 128 Å². The van der Waals surface area contributed by atoms with Crippen molar-refractivity contribution in [2.75, 3.05) is 0 Å². The molecule has 0 spiro atoms. The van der Waals surface area contributed by atoms with E-state index in [2.05, 4.69) is 67.5 Å². The molecule has 0 saturated carbocycles. The maximum absolute atomic E-state index is 12.5. The average molecular weight is 692 g/mol. The normalized spacial score (nSPS) is 13.0. The van der Waals surface area contributed by atoms with E-state index in [9.17, 15) is 14.6 Å². The second-order valence-corrected chi connectivity index (χ2v) is 17.7. The summed E-state index contributed by atoms with van der Waals surface area (Å²) in [6.07, 6.45) is 32.2. The molecule has 1 atom stereocenters. The van der Waals surface area contributed by atoms with Gasteiger partial charge in [-0.05, 0) is 52.5 Å². The second-order valence-electron chi connectivity index (χ2n) is 17.0. The SMILES string of the molecule is CCCCCCCCCCCCCCC(CCCCCCCCCCCCCC)(O[P+](=O)O)c1cc(C(C)(C)C)c(O)c(C(C)(C)C)c1. The van der Waals surface area contributed by atoms with Gasteiger partial charge in [0.05, 0.1) is 0 Å². The zero-order chi connectivity index (χ0) is 35.9. The lowest BCUT2D eigenvalue weighted by Crippen LogP contribution is -2.30. The zero-order valence-electron chi connectivity index (χ0n) is 33.2. The molecule has 1 aromatic carbocycles. The molecule has 0 aliphatic carbocycles. The van der Waals surface area contributed by atoms with Crippen LogP contribution in [0.5, 0.6) is 5.75 Å². The smallest absolute Gasteiger partial charge is 0.507 e. The molecular formula is C43H80O4P+. The van der Waals surface area contributed by atoms with Gasteiger partial charge in [0.2, 0.25) is 0 Å². The van der Waals surface area contributed by atoms with Crippen LogP contribution in [0.4, 0.5) is 0 Å². The maximum atomic E-state index is 12.5. The third-order valence-corrected chi connectivity index (χ3v) is 10.9. The summed E-state index contributed by atoms with van der Waals surface area (Å²) in [5.41, 5.74) is 1.33. The first-order chi connectivity index (χ1) is 22.8. The van der Waals surface area contributed by atoms with Crippen molar-refractivity contribution >= 4 is 8.25 Å². The van der Waals surface area contributed by atoms with E-state index in [0.717, 1.165) is 55.2 Å². The van der Waals surface area contributed by atoms with Gasteiger partial charge in [-0.3, -0.25) is 0 Å². The van der Waals surface area contributed by atoms with Crippen LogP contribution in [0.15, 0.2) is 12.1 Å². The maximum Gasteiger partial charge on any atom is 0.695 e. The number of hydrogen-bond donors (Lipinski definition) is 2. The molecule has 0 aliphatic rings. The molecule has 0 radical (unpaired) electrons. The Bertz CT molecular complexity index is 911. The first-order valence-corrected chi connectivity index (χ1v) is 21.6.